The van der Waals surface area contributed by atoms with Crippen molar-refractivity contribution in [3.05, 3.63) is 28.8 Å². The molecule has 92 valence electrons. The van der Waals surface area contributed by atoms with E-state index in [2.05, 4.69) is 6.92 Å². The van der Waals surface area contributed by atoms with Crippen LogP contribution in [-0.4, -0.2) is 23.4 Å². The third kappa shape index (κ3) is 2.55. The molecule has 0 unspecified atom stereocenters. The summed E-state index contributed by atoms with van der Waals surface area (Å²) >= 11 is 5.83. The summed E-state index contributed by atoms with van der Waals surface area (Å²) in [6, 6.07) is 5.34. The molecule has 1 atom stereocenters. The second-order valence-electron chi connectivity index (χ2n) is 4.57. The Balaban J connectivity index is 2.24. The topological polar surface area (TPSA) is 46.3 Å². The number of likely N-dealkylation sites (tertiary alicyclic amines) is 1. The van der Waals surface area contributed by atoms with E-state index < -0.39 is 0 Å². The summed E-state index contributed by atoms with van der Waals surface area (Å²) in [5.74, 6) is 0.0198. The minimum Gasteiger partial charge on any atom is -0.398 e. The minimum atomic E-state index is 0.0198. The number of rotatable bonds is 1. The summed E-state index contributed by atoms with van der Waals surface area (Å²) in [5.41, 5.74) is 6.86. The Morgan fingerprint density at radius 1 is 1.47 bits per heavy atom. The minimum absolute atomic E-state index is 0.0198. The van der Waals surface area contributed by atoms with Crippen LogP contribution in [0.1, 0.15) is 36.5 Å². The lowest BCUT2D eigenvalue weighted by atomic mass is 10.0. The van der Waals surface area contributed by atoms with Crippen molar-refractivity contribution in [3.8, 4) is 0 Å². The lowest BCUT2D eigenvalue weighted by molar-refractivity contribution is 0.0637. The lowest BCUT2D eigenvalue weighted by Crippen LogP contribution is -2.42. The molecule has 2 rings (SSSR count). The van der Waals surface area contributed by atoms with E-state index in [1.54, 1.807) is 18.2 Å². The Hall–Kier alpha value is -1.22. The average molecular weight is 253 g/mol. The molecule has 1 aromatic rings. The van der Waals surface area contributed by atoms with E-state index in [4.69, 9.17) is 17.3 Å². The average Bonchev–Trinajstić information content (AvgIpc) is 2.29. The number of carbonyl (C=O) groups is 1. The van der Waals surface area contributed by atoms with Gasteiger partial charge in [-0.1, -0.05) is 11.6 Å². The highest BCUT2D eigenvalue weighted by Crippen LogP contribution is 2.23. The molecule has 0 spiro atoms. The number of hydrogen-bond acceptors (Lipinski definition) is 2. The van der Waals surface area contributed by atoms with Gasteiger partial charge in [0.05, 0.1) is 5.56 Å². The zero-order valence-corrected chi connectivity index (χ0v) is 10.7. The summed E-state index contributed by atoms with van der Waals surface area (Å²) in [5, 5.41) is 0.561. The predicted molar refractivity (Wildman–Crippen MR) is 70.2 cm³/mol. The number of piperidine rings is 1. The van der Waals surface area contributed by atoms with Crippen LogP contribution >= 0.6 is 11.6 Å². The van der Waals surface area contributed by atoms with Crippen molar-refractivity contribution in [2.24, 2.45) is 0 Å². The number of benzene rings is 1. The van der Waals surface area contributed by atoms with Gasteiger partial charge in [0.25, 0.3) is 5.91 Å². The van der Waals surface area contributed by atoms with Gasteiger partial charge in [-0.3, -0.25) is 4.79 Å². The summed E-state index contributed by atoms with van der Waals surface area (Å²) in [6.45, 7) is 2.91. The number of nitrogens with zero attached hydrogens (tertiary/aromatic N) is 1. The van der Waals surface area contributed by atoms with Crippen molar-refractivity contribution in [1.29, 1.82) is 0 Å². The smallest absolute Gasteiger partial charge is 0.256 e. The largest absolute Gasteiger partial charge is 0.398 e. The molecule has 0 radical (unpaired) electrons. The lowest BCUT2D eigenvalue weighted by Gasteiger charge is -2.33. The number of nitrogens with two attached hydrogens (primary N) is 1. The maximum atomic E-state index is 12.3. The van der Waals surface area contributed by atoms with E-state index in [0.717, 1.165) is 19.4 Å². The standard InChI is InChI=1S/C13H17ClN2O/c1-9-4-2-3-7-16(9)13(17)11-6-5-10(14)8-12(11)15/h5-6,8-9H,2-4,7,15H2,1H3/t9-/m1/s1. The van der Waals surface area contributed by atoms with E-state index in [1.165, 1.54) is 6.42 Å². The molecule has 0 saturated carbocycles. The van der Waals surface area contributed by atoms with Crippen molar-refractivity contribution in [3.63, 3.8) is 0 Å². The summed E-state index contributed by atoms with van der Waals surface area (Å²) in [6.07, 6.45) is 3.34. The highest BCUT2D eigenvalue weighted by Gasteiger charge is 2.25. The molecule has 0 bridgehead atoms. The van der Waals surface area contributed by atoms with Crippen LogP contribution in [0, 0.1) is 0 Å². The Labute approximate surface area is 107 Å². The quantitative estimate of drug-likeness (QED) is 0.781. The summed E-state index contributed by atoms with van der Waals surface area (Å²) in [7, 11) is 0. The van der Waals surface area contributed by atoms with Crippen molar-refractivity contribution in [2.75, 3.05) is 12.3 Å². The molecule has 1 heterocycles. The normalized spacial score (nSPS) is 20.4. The van der Waals surface area contributed by atoms with Crippen molar-refractivity contribution < 1.29 is 4.79 Å². The molecule has 3 nitrogen and oxygen atoms in total. The Morgan fingerprint density at radius 2 is 2.24 bits per heavy atom. The van der Waals surface area contributed by atoms with Crippen LogP contribution < -0.4 is 5.73 Å². The van der Waals surface area contributed by atoms with Gasteiger partial charge >= 0.3 is 0 Å². The Kier molecular flexibility index (Phi) is 3.57. The van der Waals surface area contributed by atoms with Gasteiger partial charge in [-0.05, 0) is 44.4 Å². The molecule has 4 heteroatoms. The van der Waals surface area contributed by atoms with Gasteiger partial charge in [0.1, 0.15) is 0 Å². The molecule has 1 saturated heterocycles. The first-order valence-electron chi connectivity index (χ1n) is 5.95. The van der Waals surface area contributed by atoms with Crippen molar-refractivity contribution in [1.82, 2.24) is 4.90 Å². The summed E-state index contributed by atoms with van der Waals surface area (Å²) in [4.78, 5) is 14.3. The molecule has 1 aromatic carbocycles. The van der Waals surface area contributed by atoms with Gasteiger partial charge in [-0.15, -0.1) is 0 Å². The van der Waals surface area contributed by atoms with E-state index >= 15 is 0 Å². The number of halogens is 1. The fraction of sp³-hybridized carbons (Fsp3) is 0.462. The highest BCUT2D eigenvalue weighted by molar-refractivity contribution is 6.31. The van der Waals surface area contributed by atoms with E-state index in [9.17, 15) is 4.79 Å². The zero-order chi connectivity index (χ0) is 12.4. The molecule has 17 heavy (non-hydrogen) atoms. The maximum Gasteiger partial charge on any atom is 0.256 e. The van der Waals surface area contributed by atoms with Gasteiger partial charge in [-0.2, -0.15) is 0 Å². The summed E-state index contributed by atoms with van der Waals surface area (Å²) < 4.78 is 0. The van der Waals surface area contributed by atoms with Crippen LogP contribution in [-0.2, 0) is 0 Å². The molecule has 1 amide bonds. The third-order valence-electron chi connectivity index (χ3n) is 3.31. The van der Waals surface area contributed by atoms with E-state index in [1.807, 2.05) is 4.90 Å². The first-order valence-corrected chi connectivity index (χ1v) is 6.33. The highest BCUT2D eigenvalue weighted by atomic mass is 35.5. The number of hydrogen-bond donors (Lipinski definition) is 1. The molecule has 1 fully saturated rings. The van der Waals surface area contributed by atoms with Gasteiger partial charge in [0, 0.05) is 23.3 Å². The monoisotopic (exact) mass is 252 g/mol. The van der Waals surface area contributed by atoms with Crippen LogP contribution in [0.4, 0.5) is 5.69 Å². The molecule has 0 aliphatic carbocycles. The number of anilines is 1. The fourth-order valence-corrected chi connectivity index (χ4v) is 2.46. The van der Waals surface area contributed by atoms with Crippen molar-refractivity contribution in [2.45, 2.75) is 32.2 Å². The molecule has 2 N–H and O–H groups in total. The molecule has 0 aromatic heterocycles. The first kappa shape index (κ1) is 12.2. The third-order valence-corrected chi connectivity index (χ3v) is 3.54. The maximum absolute atomic E-state index is 12.3. The van der Waals surface area contributed by atoms with Crippen molar-refractivity contribution >= 4 is 23.2 Å². The van der Waals surface area contributed by atoms with E-state index in [0.29, 0.717) is 22.3 Å². The van der Waals surface area contributed by atoms with E-state index in [-0.39, 0.29) is 5.91 Å². The predicted octanol–water partition coefficient (Wildman–Crippen LogP) is 2.94. The molecule has 1 aliphatic heterocycles. The van der Waals surface area contributed by atoms with Gasteiger partial charge in [0.2, 0.25) is 0 Å². The Morgan fingerprint density at radius 3 is 2.88 bits per heavy atom. The molecular weight excluding hydrogens is 236 g/mol. The molecule has 1 aliphatic rings. The number of nitrogen functional groups attached to an aromatic ring is 1. The zero-order valence-electron chi connectivity index (χ0n) is 9.95. The van der Waals surface area contributed by atoms with Crippen LogP contribution in [0.3, 0.4) is 0 Å². The van der Waals surface area contributed by atoms with Crippen LogP contribution in [0.5, 0.6) is 0 Å². The fourth-order valence-electron chi connectivity index (χ4n) is 2.28. The van der Waals surface area contributed by atoms with Crippen LogP contribution in [0.2, 0.25) is 5.02 Å². The number of amides is 1. The van der Waals surface area contributed by atoms with Gasteiger partial charge in [-0.25, -0.2) is 0 Å². The first-order chi connectivity index (χ1) is 8.09. The second kappa shape index (κ2) is 4.96. The van der Waals surface area contributed by atoms with Gasteiger partial charge in [0.15, 0.2) is 0 Å². The molecular formula is C13H17ClN2O. The number of carbonyl (C=O) groups excluding carboxylic acids is 1. The van der Waals surface area contributed by atoms with Gasteiger partial charge < -0.3 is 10.6 Å². The Bertz CT molecular complexity index is 433. The second-order valence-corrected chi connectivity index (χ2v) is 5.01. The SMILES string of the molecule is C[C@@H]1CCCCN1C(=O)c1ccc(Cl)cc1N. The van der Waals surface area contributed by atoms with Crippen LogP contribution in [0.25, 0.3) is 0 Å². The van der Waals surface area contributed by atoms with Crippen LogP contribution in [0.15, 0.2) is 18.2 Å².